The third-order valence-electron chi connectivity index (χ3n) is 8.68. The Kier molecular flexibility index (Phi) is 9.42. The van der Waals surface area contributed by atoms with Gasteiger partial charge < -0.3 is 24.8 Å². The standard InChI is InChI=1S/C31H44N6O4/c1-21(6-5-19-38)33-31(39)41-26-12-9-24(20-27(26)40-4)28-29-22(2)32-13-14-37(29)30(34-28)23-7-10-25(11-8-23)36-17-15-35(3)16-18-36/h9,12-14,20-21,23,25,38H,5-8,10-11,15-19H2,1-4H3,(H,33,39)/t21?,23-,25-. The highest BCUT2D eigenvalue weighted by Crippen LogP contribution is 2.39. The lowest BCUT2D eigenvalue weighted by Crippen LogP contribution is -2.49. The minimum atomic E-state index is -0.552. The van der Waals surface area contributed by atoms with Crippen molar-refractivity contribution in [3.8, 4) is 22.8 Å². The molecule has 1 saturated carbocycles. The molecule has 1 aromatic carbocycles. The number of imidazole rings is 1. The van der Waals surface area contributed by atoms with Crippen molar-refractivity contribution in [2.45, 2.75) is 70.4 Å². The van der Waals surface area contributed by atoms with Crippen LogP contribution in [-0.2, 0) is 0 Å². The first kappa shape index (κ1) is 29.3. The number of carbonyl (C=O) groups excluding carboxylic acids is 1. The van der Waals surface area contributed by atoms with Crippen LogP contribution in [0, 0.1) is 6.92 Å². The predicted molar refractivity (Wildman–Crippen MR) is 159 cm³/mol. The normalized spacial score (nSPS) is 21.1. The molecule has 1 unspecified atom stereocenters. The van der Waals surface area contributed by atoms with Crippen LogP contribution in [0.3, 0.4) is 0 Å². The number of aryl methyl sites for hydroxylation is 1. The van der Waals surface area contributed by atoms with Crippen molar-refractivity contribution >= 4 is 11.6 Å². The van der Waals surface area contributed by atoms with Crippen LogP contribution >= 0.6 is 0 Å². The molecule has 1 aliphatic heterocycles. The van der Waals surface area contributed by atoms with Crippen LogP contribution in [0.4, 0.5) is 4.79 Å². The summed E-state index contributed by atoms with van der Waals surface area (Å²) in [5.41, 5.74) is 3.66. The maximum atomic E-state index is 12.5. The van der Waals surface area contributed by atoms with Gasteiger partial charge in [-0.25, -0.2) is 9.78 Å². The first-order valence-electron chi connectivity index (χ1n) is 14.9. The second kappa shape index (κ2) is 13.2. The van der Waals surface area contributed by atoms with Gasteiger partial charge in [0.1, 0.15) is 5.82 Å². The number of ether oxygens (including phenoxy) is 2. The van der Waals surface area contributed by atoms with E-state index in [0.717, 1.165) is 54.2 Å². The number of nitrogens with one attached hydrogen (secondary N) is 1. The summed E-state index contributed by atoms with van der Waals surface area (Å²) in [6.07, 6.45) is 9.25. The molecule has 5 rings (SSSR count). The van der Waals surface area contributed by atoms with Gasteiger partial charge in [0, 0.05) is 68.7 Å². The van der Waals surface area contributed by atoms with Gasteiger partial charge in [0.15, 0.2) is 11.5 Å². The van der Waals surface area contributed by atoms with Crippen molar-refractivity contribution in [2.75, 3.05) is 46.9 Å². The Morgan fingerprint density at radius 1 is 1.15 bits per heavy atom. The number of methoxy groups -OCH3 is 1. The van der Waals surface area contributed by atoms with Crippen LogP contribution in [0.5, 0.6) is 11.5 Å². The van der Waals surface area contributed by atoms with Gasteiger partial charge in [-0.05, 0) is 77.6 Å². The minimum absolute atomic E-state index is 0.0909. The van der Waals surface area contributed by atoms with Crippen molar-refractivity contribution in [3.63, 3.8) is 0 Å². The number of aromatic nitrogens is 3. The number of nitrogens with zero attached hydrogens (tertiary/aromatic N) is 5. The van der Waals surface area contributed by atoms with E-state index in [1.807, 2.05) is 38.4 Å². The van der Waals surface area contributed by atoms with E-state index < -0.39 is 6.09 Å². The molecule has 1 amide bonds. The quantitative estimate of drug-likeness (QED) is 0.398. The van der Waals surface area contributed by atoms with E-state index in [4.69, 9.17) is 19.6 Å². The monoisotopic (exact) mass is 564 g/mol. The van der Waals surface area contributed by atoms with E-state index in [2.05, 4.69) is 31.5 Å². The zero-order chi connectivity index (χ0) is 28.9. The number of carbonyl (C=O) groups is 1. The summed E-state index contributed by atoms with van der Waals surface area (Å²) < 4.78 is 13.4. The second-order valence-electron chi connectivity index (χ2n) is 11.6. The molecular formula is C31H44N6O4. The fourth-order valence-electron chi connectivity index (χ4n) is 6.29. The highest BCUT2D eigenvalue weighted by molar-refractivity contribution is 5.81. The fourth-order valence-corrected chi connectivity index (χ4v) is 6.29. The third kappa shape index (κ3) is 6.66. The van der Waals surface area contributed by atoms with Gasteiger partial charge in [-0.1, -0.05) is 0 Å². The van der Waals surface area contributed by atoms with Crippen LogP contribution in [0.2, 0.25) is 0 Å². The fraction of sp³-hybridized carbons (Fsp3) is 0.581. The Hall–Kier alpha value is -3.21. The van der Waals surface area contributed by atoms with E-state index in [1.54, 1.807) is 13.2 Å². The maximum Gasteiger partial charge on any atom is 0.412 e. The summed E-state index contributed by atoms with van der Waals surface area (Å²) in [4.78, 5) is 27.4. The smallest absolute Gasteiger partial charge is 0.412 e. The number of hydrogen-bond donors (Lipinski definition) is 2. The molecule has 2 aliphatic rings. The number of rotatable bonds is 9. The molecule has 1 aliphatic carbocycles. The van der Waals surface area contributed by atoms with Crippen molar-refractivity contribution in [1.82, 2.24) is 29.5 Å². The number of piperazine rings is 1. The molecule has 0 bridgehead atoms. The number of aliphatic hydroxyl groups excluding tert-OH is 1. The van der Waals surface area contributed by atoms with E-state index in [-0.39, 0.29) is 12.6 Å². The zero-order valence-corrected chi connectivity index (χ0v) is 24.8. The molecule has 1 atom stereocenters. The number of aliphatic hydroxyl groups is 1. The Morgan fingerprint density at radius 2 is 1.90 bits per heavy atom. The molecule has 0 radical (unpaired) electrons. The topological polar surface area (TPSA) is 104 Å². The summed E-state index contributed by atoms with van der Waals surface area (Å²) in [6, 6.07) is 6.11. The Morgan fingerprint density at radius 3 is 2.61 bits per heavy atom. The Balaban J connectivity index is 1.35. The molecule has 2 fully saturated rings. The van der Waals surface area contributed by atoms with Crippen LogP contribution in [0.15, 0.2) is 30.6 Å². The summed E-state index contributed by atoms with van der Waals surface area (Å²) in [5, 5.41) is 11.8. The molecular weight excluding hydrogens is 520 g/mol. The van der Waals surface area contributed by atoms with Crippen LogP contribution < -0.4 is 14.8 Å². The molecule has 2 aromatic heterocycles. The van der Waals surface area contributed by atoms with E-state index >= 15 is 0 Å². The third-order valence-corrected chi connectivity index (χ3v) is 8.68. The van der Waals surface area contributed by atoms with E-state index in [1.165, 1.54) is 25.9 Å². The van der Waals surface area contributed by atoms with E-state index in [0.29, 0.717) is 36.3 Å². The lowest BCUT2D eigenvalue weighted by atomic mass is 9.84. The number of amides is 1. The maximum absolute atomic E-state index is 12.5. The first-order chi connectivity index (χ1) is 19.9. The van der Waals surface area contributed by atoms with Gasteiger partial charge in [0.2, 0.25) is 0 Å². The Labute approximate surface area is 242 Å². The van der Waals surface area contributed by atoms with Gasteiger partial charge in [-0.2, -0.15) is 0 Å². The SMILES string of the molecule is COc1cc(-c2nc([C@H]3CC[C@H](N4CCN(C)CC4)CC3)n3ccnc(C)c23)ccc1OC(=O)NC(C)CCCO. The number of likely N-dealkylation sites (N-methyl/N-ethyl adjacent to an activating group) is 1. The van der Waals surface area contributed by atoms with Crippen molar-refractivity contribution in [1.29, 1.82) is 0 Å². The van der Waals surface area contributed by atoms with Gasteiger partial charge in [-0.3, -0.25) is 14.3 Å². The van der Waals surface area contributed by atoms with E-state index in [9.17, 15) is 4.79 Å². The molecule has 1 saturated heterocycles. The molecule has 41 heavy (non-hydrogen) atoms. The van der Waals surface area contributed by atoms with Crippen molar-refractivity contribution in [3.05, 3.63) is 42.1 Å². The summed E-state index contributed by atoms with van der Waals surface area (Å²) in [6.45, 7) is 8.63. The van der Waals surface area contributed by atoms with Crippen molar-refractivity contribution < 1.29 is 19.4 Å². The average molecular weight is 565 g/mol. The molecule has 2 N–H and O–H groups in total. The molecule has 10 heteroatoms. The van der Waals surface area contributed by atoms with Crippen LogP contribution in [0.1, 0.15) is 62.9 Å². The largest absolute Gasteiger partial charge is 0.493 e. The Bertz CT molecular complexity index is 1330. The molecule has 10 nitrogen and oxygen atoms in total. The lowest BCUT2D eigenvalue weighted by Gasteiger charge is -2.41. The first-order valence-corrected chi connectivity index (χ1v) is 14.9. The lowest BCUT2D eigenvalue weighted by molar-refractivity contribution is 0.0872. The predicted octanol–water partition coefficient (Wildman–Crippen LogP) is 4.24. The van der Waals surface area contributed by atoms with Crippen LogP contribution in [0.25, 0.3) is 16.8 Å². The minimum Gasteiger partial charge on any atom is -0.493 e. The van der Waals surface area contributed by atoms with Gasteiger partial charge in [0.25, 0.3) is 0 Å². The van der Waals surface area contributed by atoms with Gasteiger partial charge in [0.05, 0.1) is 24.0 Å². The molecule has 3 aromatic rings. The van der Waals surface area contributed by atoms with Gasteiger partial charge in [-0.15, -0.1) is 0 Å². The number of fused-ring (bicyclic) bond motifs is 1. The zero-order valence-electron chi connectivity index (χ0n) is 24.8. The summed E-state index contributed by atoms with van der Waals surface area (Å²) >= 11 is 0. The number of benzene rings is 1. The van der Waals surface area contributed by atoms with Gasteiger partial charge >= 0.3 is 6.09 Å². The molecule has 0 spiro atoms. The second-order valence-corrected chi connectivity index (χ2v) is 11.6. The molecule has 222 valence electrons. The van der Waals surface area contributed by atoms with Crippen molar-refractivity contribution in [2.24, 2.45) is 0 Å². The number of hydrogen-bond acceptors (Lipinski definition) is 8. The highest BCUT2D eigenvalue weighted by Gasteiger charge is 2.31. The highest BCUT2D eigenvalue weighted by atomic mass is 16.6. The summed E-state index contributed by atoms with van der Waals surface area (Å²) in [7, 11) is 3.78. The molecule has 3 heterocycles. The van der Waals surface area contributed by atoms with Crippen LogP contribution in [-0.4, -0.2) is 94.4 Å². The summed E-state index contributed by atoms with van der Waals surface area (Å²) in [5.74, 6) is 2.28. The average Bonchev–Trinajstić information content (AvgIpc) is 3.38.